The summed E-state index contributed by atoms with van der Waals surface area (Å²) in [5.74, 6) is 1.35. The van der Waals surface area contributed by atoms with Gasteiger partial charge in [0.15, 0.2) is 0 Å². The first-order valence-electron chi connectivity index (χ1n) is 9.20. The number of rotatable bonds is 2. The number of carbonyl (C=O) groups excluding carboxylic acids is 1. The molecule has 2 aromatic heterocycles. The van der Waals surface area contributed by atoms with Crippen molar-refractivity contribution < 1.29 is 9.53 Å². The van der Waals surface area contributed by atoms with E-state index in [0.29, 0.717) is 5.92 Å². The number of amides is 1. The lowest BCUT2D eigenvalue weighted by Gasteiger charge is -2.31. The van der Waals surface area contributed by atoms with Gasteiger partial charge in [-0.3, -0.25) is 4.98 Å². The second-order valence-electron chi connectivity index (χ2n) is 8.32. The number of likely N-dealkylation sites (tertiary alicyclic amines) is 1. The van der Waals surface area contributed by atoms with Gasteiger partial charge in [-0.05, 0) is 52.0 Å². The van der Waals surface area contributed by atoms with Gasteiger partial charge in [0.1, 0.15) is 17.7 Å². The molecule has 1 aliphatic carbocycles. The number of hydrogen-bond acceptors (Lipinski definition) is 6. The first kappa shape index (κ1) is 17.0. The lowest BCUT2D eigenvalue weighted by molar-refractivity contribution is 0.0222. The average molecular weight is 355 g/mol. The molecule has 26 heavy (non-hydrogen) atoms. The summed E-state index contributed by atoms with van der Waals surface area (Å²) in [6, 6.07) is 2.45. The maximum atomic E-state index is 12.5. The van der Waals surface area contributed by atoms with Gasteiger partial charge in [0.05, 0.1) is 11.7 Å². The van der Waals surface area contributed by atoms with E-state index in [0.717, 1.165) is 42.5 Å². The number of aromatic nitrogens is 3. The SMILES string of the molecule is CC(C)(C)OC(=O)N1CC2CC(Nc3ncnc4cnccc34)CC1C2. The van der Waals surface area contributed by atoms with Crippen molar-refractivity contribution in [2.24, 2.45) is 5.92 Å². The van der Waals surface area contributed by atoms with Crippen molar-refractivity contribution in [2.45, 2.75) is 57.7 Å². The minimum Gasteiger partial charge on any atom is -0.444 e. The Morgan fingerprint density at radius 1 is 1.27 bits per heavy atom. The van der Waals surface area contributed by atoms with Crippen molar-refractivity contribution in [3.8, 4) is 0 Å². The van der Waals surface area contributed by atoms with Crippen LogP contribution >= 0.6 is 0 Å². The number of hydrogen-bond donors (Lipinski definition) is 1. The lowest BCUT2D eigenvalue weighted by atomic mass is 9.86. The van der Waals surface area contributed by atoms with Crippen molar-refractivity contribution in [3.63, 3.8) is 0 Å². The molecule has 3 unspecified atom stereocenters. The molecule has 3 heterocycles. The van der Waals surface area contributed by atoms with Gasteiger partial charge in [-0.1, -0.05) is 0 Å². The largest absolute Gasteiger partial charge is 0.444 e. The Kier molecular flexibility index (Phi) is 4.17. The summed E-state index contributed by atoms with van der Waals surface area (Å²) < 4.78 is 5.58. The molecule has 3 atom stereocenters. The number of fused-ring (bicyclic) bond motifs is 3. The van der Waals surface area contributed by atoms with Crippen LogP contribution in [-0.2, 0) is 4.74 Å². The zero-order valence-electron chi connectivity index (χ0n) is 15.5. The molecule has 1 saturated heterocycles. The van der Waals surface area contributed by atoms with Crippen LogP contribution in [0.15, 0.2) is 24.8 Å². The molecule has 1 aliphatic heterocycles. The van der Waals surface area contributed by atoms with E-state index in [1.807, 2.05) is 31.7 Å². The summed E-state index contributed by atoms with van der Waals surface area (Å²) in [6.07, 6.45) is 7.88. The minimum absolute atomic E-state index is 0.191. The second-order valence-corrected chi connectivity index (χ2v) is 8.32. The van der Waals surface area contributed by atoms with E-state index in [9.17, 15) is 4.79 Å². The average Bonchev–Trinajstić information content (AvgIpc) is 2.88. The molecule has 7 heteroatoms. The number of nitrogens with zero attached hydrogens (tertiary/aromatic N) is 4. The molecule has 1 N–H and O–H groups in total. The van der Waals surface area contributed by atoms with E-state index in [-0.39, 0.29) is 18.2 Å². The molecular weight excluding hydrogens is 330 g/mol. The van der Waals surface area contributed by atoms with Crippen LogP contribution in [0.1, 0.15) is 40.0 Å². The fourth-order valence-corrected chi connectivity index (χ4v) is 4.11. The highest BCUT2D eigenvalue weighted by Crippen LogP contribution is 2.37. The summed E-state index contributed by atoms with van der Waals surface area (Å²) in [5.41, 5.74) is 0.374. The monoisotopic (exact) mass is 355 g/mol. The van der Waals surface area contributed by atoms with Crippen LogP contribution < -0.4 is 5.32 Å². The van der Waals surface area contributed by atoms with Gasteiger partial charge in [0, 0.05) is 30.2 Å². The smallest absolute Gasteiger partial charge is 0.410 e. The molecule has 2 aliphatic rings. The quantitative estimate of drug-likeness (QED) is 0.891. The van der Waals surface area contributed by atoms with Gasteiger partial charge in [-0.25, -0.2) is 14.8 Å². The van der Waals surface area contributed by atoms with Crippen LogP contribution in [-0.4, -0.2) is 50.2 Å². The van der Waals surface area contributed by atoms with Gasteiger partial charge in [0.25, 0.3) is 0 Å². The molecule has 138 valence electrons. The normalized spacial score (nSPS) is 25.3. The molecule has 2 bridgehead atoms. The zero-order valence-corrected chi connectivity index (χ0v) is 15.5. The highest BCUT2D eigenvalue weighted by molar-refractivity contribution is 5.88. The molecule has 2 fully saturated rings. The number of ether oxygens (including phenoxy) is 1. The van der Waals surface area contributed by atoms with Crippen LogP contribution in [0.3, 0.4) is 0 Å². The number of carbonyl (C=O) groups is 1. The van der Waals surface area contributed by atoms with Crippen LogP contribution in [0.4, 0.5) is 10.6 Å². The molecule has 1 amide bonds. The van der Waals surface area contributed by atoms with E-state index < -0.39 is 5.60 Å². The molecule has 0 spiro atoms. The van der Waals surface area contributed by atoms with Crippen molar-refractivity contribution in [2.75, 3.05) is 11.9 Å². The minimum atomic E-state index is -0.459. The summed E-state index contributed by atoms with van der Waals surface area (Å²) in [6.45, 7) is 6.51. The molecule has 7 nitrogen and oxygen atoms in total. The van der Waals surface area contributed by atoms with E-state index in [1.54, 1.807) is 18.7 Å². The van der Waals surface area contributed by atoms with Gasteiger partial charge in [0.2, 0.25) is 0 Å². The fraction of sp³-hybridized carbons (Fsp3) is 0.579. The maximum Gasteiger partial charge on any atom is 0.410 e. The van der Waals surface area contributed by atoms with Crippen molar-refractivity contribution in [1.29, 1.82) is 0 Å². The highest BCUT2D eigenvalue weighted by Gasteiger charge is 2.43. The summed E-state index contributed by atoms with van der Waals surface area (Å²) in [5, 5.41) is 4.55. The number of nitrogens with one attached hydrogen (secondary N) is 1. The second kappa shape index (κ2) is 6.37. The van der Waals surface area contributed by atoms with E-state index in [4.69, 9.17) is 4.74 Å². The summed E-state index contributed by atoms with van der Waals surface area (Å²) in [4.78, 5) is 27.2. The Morgan fingerprint density at radius 3 is 2.92 bits per heavy atom. The van der Waals surface area contributed by atoms with E-state index in [2.05, 4.69) is 20.3 Å². The Hall–Kier alpha value is -2.44. The standard InChI is InChI=1S/C19H25N5O2/c1-19(2,3)26-18(25)24-10-12-6-13(8-14(24)7-12)23-17-15-4-5-20-9-16(15)21-11-22-17/h4-5,9,11-14H,6-8,10H2,1-3H3,(H,21,22,23). The Bertz CT molecular complexity index is 814. The first-order chi connectivity index (χ1) is 12.4. The third-order valence-corrected chi connectivity index (χ3v) is 5.08. The third-order valence-electron chi connectivity index (χ3n) is 5.08. The third kappa shape index (κ3) is 3.43. The van der Waals surface area contributed by atoms with Crippen LogP contribution in [0.2, 0.25) is 0 Å². The Morgan fingerprint density at radius 2 is 2.12 bits per heavy atom. The van der Waals surface area contributed by atoms with Crippen LogP contribution in [0.5, 0.6) is 0 Å². The maximum absolute atomic E-state index is 12.5. The number of pyridine rings is 1. The van der Waals surface area contributed by atoms with Crippen LogP contribution in [0, 0.1) is 5.92 Å². The molecule has 2 aromatic rings. The van der Waals surface area contributed by atoms with E-state index in [1.165, 1.54) is 0 Å². The van der Waals surface area contributed by atoms with Gasteiger partial charge < -0.3 is 15.0 Å². The van der Waals surface area contributed by atoms with Crippen LogP contribution in [0.25, 0.3) is 10.9 Å². The molecule has 0 aromatic carbocycles. The predicted molar refractivity (Wildman–Crippen MR) is 98.8 cm³/mol. The van der Waals surface area contributed by atoms with Crippen molar-refractivity contribution in [1.82, 2.24) is 19.9 Å². The lowest BCUT2D eigenvalue weighted by Crippen LogP contribution is -2.41. The van der Waals surface area contributed by atoms with Gasteiger partial charge in [-0.2, -0.15) is 0 Å². The zero-order chi connectivity index (χ0) is 18.3. The molecule has 4 rings (SSSR count). The van der Waals surface area contributed by atoms with Crippen molar-refractivity contribution in [3.05, 3.63) is 24.8 Å². The summed E-state index contributed by atoms with van der Waals surface area (Å²) >= 11 is 0. The van der Waals surface area contributed by atoms with Crippen molar-refractivity contribution >= 4 is 22.8 Å². The summed E-state index contributed by atoms with van der Waals surface area (Å²) in [7, 11) is 0. The molecule has 0 radical (unpaired) electrons. The van der Waals surface area contributed by atoms with E-state index >= 15 is 0 Å². The Balaban J connectivity index is 1.47. The molecular formula is C19H25N5O2. The Labute approximate surface area is 153 Å². The predicted octanol–water partition coefficient (Wildman–Crippen LogP) is 3.22. The first-order valence-corrected chi connectivity index (χ1v) is 9.20. The fourth-order valence-electron chi connectivity index (χ4n) is 4.11. The topological polar surface area (TPSA) is 80.2 Å². The van der Waals surface area contributed by atoms with Gasteiger partial charge in [-0.15, -0.1) is 0 Å². The highest BCUT2D eigenvalue weighted by atomic mass is 16.6. The van der Waals surface area contributed by atoms with Gasteiger partial charge >= 0.3 is 6.09 Å². The number of anilines is 1. The molecule has 1 saturated carbocycles.